The predicted molar refractivity (Wildman–Crippen MR) is 71.3 cm³/mol. The molecular weight excluding hydrogens is 268 g/mol. The highest BCUT2D eigenvalue weighted by molar-refractivity contribution is 6.73. The van der Waals surface area contributed by atoms with E-state index in [2.05, 4.69) is 0 Å². The summed E-state index contributed by atoms with van der Waals surface area (Å²) in [5, 5.41) is 0. The molecule has 0 radical (unpaired) electrons. The molecule has 3 rings (SSSR count). The third kappa shape index (κ3) is 2.80. The van der Waals surface area contributed by atoms with Gasteiger partial charge < -0.3 is 22.4 Å². The molecule has 20 heavy (non-hydrogen) atoms. The molecule has 2 aliphatic rings. The molecule has 1 saturated carbocycles. The second-order valence-corrected chi connectivity index (χ2v) is 5.76. The molecule has 1 saturated heterocycles. The quantitative estimate of drug-likeness (QED) is 0.794. The van der Waals surface area contributed by atoms with Crippen molar-refractivity contribution in [3.63, 3.8) is 0 Å². The molecule has 1 aromatic rings. The van der Waals surface area contributed by atoms with E-state index in [1.54, 1.807) is 0 Å². The SMILES string of the molecule is F[B-](F)(F)c1ccc(OC2CCOC3(CCC3)C2)cc1. The van der Waals surface area contributed by atoms with Crippen LogP contribution in [0.2, 0.25) is 0 Å². The van der Waals surface area contributed by atoms with Gasteiger partial charge in [-0.15, -0.1) is 5.46 Å². The van der Waals surface area contributed by atoms with Crippen molar-refractivity contribution in [2.75, 3.05) is 6.61 Å². The molecule has 1 aliphatic heterocycles. The average Bonchev–Trinajstić information content (AvgIpc) is 2.37. The molecular formula is C14H17BF3O2-. The molecule has 0 aromatic heterocycles. The first-order chi connectivity index (χ1) is 9.47. The first-order valence-electron chi connectivity index (χ1n) is 7.07. The molecule has 1 aliphatic carbocycles. The van der Waals surface area contributed by atoms with Gasteiger partial charge >= 0.3 is 6.98 Å². The Bertz CT molecular complexity index is 468. The van der Waals surface area contributed by atoms with Gasteiger partial charge in [-0.2, -0.15) is 0 Å². The zero-order chi connectivity index (χ0) is 14.2. The van der Waals surface area contributed by atoms with Gasteiger partial charge in [0.1, 0.15) is 11.9 Å². The normalized spacial score (nSPS) is 25.2. The lowest BCUT2D eigenvalue weighted by molar-refractivity contribution is -0.153. The zero-order valence-electron chi connectivity index (χ0n) is 11.2. The highest BCUT2D eigenvalue weighted by atomic mass is 19.4. The van der Waals surface area contributed by atoms with Crippen LogP contribution in [0.3, 0.4) is 0 Å². The lowest BCUT2D eigenvalue weighted by atomic mass is 9.74. The van der Waals surface area contributed by atoms with E-state index in [1.165, 1.54) is 18.6 Å². The number of halogens is 3. The topological polar surface area (TPSA) is 18.5 Å². The van der Waals surface area contributed by atoms with Crippen molar-refractivity contribution >= 4 is 12.4 Å². The van der Waals surface area contributed by atoms with Crippen LogP contribution in [0, 0.1) is 0 Å². The van der Waals surface area contributed by atoms with Gasteiger partial charge in [0.25, 0.3) is 0 Å². The third-order valence-electron chi connectivity index (χ3n) is 4.27. The highest BCUT2D eigenvalue weighted by Crippen LogP contribution is 2.43. The van der Waals surface area contributed by atoms with Gasteiger partial charge in [-0.05, 0) is 31.4 Å². The summed E-state index contributed by atoms with van der Waals surface area (Å²) in [6.07, 6.45) is 5.02. The van der Waals surface area contributed by atoms with Gasteiger partial charge in [-0.1, -0.05) is 12.1 Å². The Morgan fingerprint density at radius 3 is 2.40 bits per heavy atom. The molecule has 0 bridgehead atoms. The van der Waals surface area contributed by atoms with E-state index in [4.69, 9.17) is 9.47 Å². The Hall–Kier alpha value is -1.17. The fraction of sp³-hybridized carbons (Fsp3) is 0.571. The van der Waals surface area contributed by atoms with Gasteiger partial charge in [0.05, 0.1) is 12.2 Å². The Kier molecular flexibility index (Phi) is 3.44. The van der Waals surface area contributed by atoms with Gasteiger partial charge in [-0.25, -0.2) is 0 Å². The Labute approximate surface area is 116 Å². The van der Waals surface area contributed by atoms with Crippen molar-refractivity contribution in [1.82, 2.24) is 0 Å². The van der Waals surface area contributed by atoms with E-state index in [9.17, 15) is 12.9 Å². The molecule has 2 fully saturated rings. The average molecular weight is 285 g/mol. The van der Waals surface area contributed by atoms with E-state index < -0.39 is 12.4 Å². The lowest BCUT2D eigenvalue weighted by Crippen LogP contribution is -2.48. The van der Waals surface area contributed by atoms with Crippen LogP contribution in [-0.4, -0.2) is 25.3 Å². The van der Waals surface area contributed by atoms with Crippen molar-refractivity contribution in [1.29, 1.82) is 0 Å². The Morgan fingerprint density at radius 2 is 1.85 bits per heavy atom. The molecule has 110 valence electrons. The number of hydrogen-bond donors (Lipinski definition) is 0. The first kappa shape index (κ1) is 13.8. The van der Waals surface area contributed by atoms with Crippen LogP contribution in [0.5, 0.6) is 5.75 Å². The van der Waals surface area contributed by atoms with Crippen LogP contribution in [0.1, 0.15) is 32.1 Å². The summed E-state index contributed by atoms with van der Waals surface area (Å²) >= 11 is 0. The number of rotatable bonds is 3. The van der Waals surface area contributed by atoms with E-state index in [-0.39, 0.29) is 11.7 Å². The number of ether oxygens (including phenoxy) is 2. The predicted octanol–water partition coefficient (Wildman–Crippen LogP) is 3.22. The molecule has 1 spiro atoms. The summed E-state index contributed by atoms with van der Waals surface area (Å²) in [6.45, 7) is -4.26. The minimum Gasteiger partial charge on any atom is -0.490 e. The summed E-state index contributed by atoms with van der Waals surface area (Å²) in [5.41, 5.74) is -0.599. The zero-order valence-corrected chi connectivity index (χ0v) is 11.2. The summed E-state index contributed by atoms with van der Waals surface area (Å²) < 4.78 is 49.2. The lowest BCUT2D eigenvalue weighted by Gasteiger charge is -2.46. The van der Waals surface area contributed by atoms with Crippen molar-refractivity contribution in [3.8, 4) is 5.75 Å². The Balaban J connectivity index is 1.63. The summed E-state index contributed by atoms with van der Waals surface area (Å²) in [5.74, 6) is 0.509. The van der Waals surface area contributed by atoms with E-state index in [0.717, 1.165) is 37.8 Å². The van der Waals surface area contributed by atoms with Gasteiger partial charge in [0, 0.05) is 12.8 Å². The Morgan fingerprint density at radius 1 is 1.15 bits per heavy atom. The highest BCUT2D eigenvalue weighted by Gasteiger charge is 2.43. The fourth-order valence-corrected chi connectivity index (χ4v) is 2.96. The summed E-state index contributed by atoms with van der Waals surface area (Å²) in [4.78, 5) is 0. The second-order valence-electron chi connectivity index (χ2n) is 5.76. The van der Waals surface area contributed by atoms with Crippen LogP contribution in [0.15, 0.2) is 24.3 Å². The van der Waals surface area contributed by atoms with Crippen LogP contribution in [-0.2, 0) is 4.74 Å². The monoisotopic (exact) mass is 285 g/mol. The van der Waals surface area contributed by atoms with E-state index in [1.807, 2.05) is 0 Å². The van der Waals surface area contributed by atoms with Crippen LogP contribution in [0.25, 0.3) is 0 Å². The smallest absolute Gasteiger partial charge is 0.490 e. The van der Waals surface area contributed by atoms with E-state index in [0.29, 0.717) is 12.4 Å². The van der Waals surface area contributed by atoms with Gasteiger partial charge in [-0.3, -0.25) is 0 Å². The fourth-order valence-electron chi connectivity index (χ4n) is 2.96. The molecule has 1 heterocycles. The standard InChI is InChI=1S/C14H17BF3O2/c16-15(17,18)11-2-4-12(5-3-11)20-13-6-9-19-14(10-13)7-1-8-14/h2-5,13H,1,6-10H2/q-1. The van der Waals surface area contributed by atoms with Crippen LogP contribution in [0.4, 0.5) is 12.9 Å². The molecule has 1 unspecified atom stereocenters. The van der Waals surface area contributed by atoms with Crippen LogP contribution < -0.4 is 10.2 Å². The van der Waals surface area contributed by atoms with Gasteiger partial charge in [0.15, 0.2) is 0 Å². The molecule has 6 heteroatoms. The molecule has 0 N–H and O–H groups in total. The summed E-state index contributed by atoms with van der Waals surface area (Å²) in [6, 6.07) is 5.00. The maximum atomic E-state index is 12.5. The summed E-state index contributed by atoms with van der Waals surface area (Å²) in [7, 11) is 0. The van der Waals surface area contributed by atoms with Crippen molar-refractivity contribution in [2.24, 2.45) is 0 Å². The van der Waals surface area contributed by atoms with Crippen molar-refractivity contribution in [2.45, 2.75) is 43.8 Å². The van der Waals surface area contributed by atoms with Crippen molar-refractivity contribution in [3.05, 3.63) is 24.3 Å². The first-order valence-corrected chi connectivity index (χ1v) is 7.07. The minimum absolute atomic E-state index is 0.0159. The van der Waals surface area contributed by atoms with E-state index >= 15 is 0 Å². The maximum absolute atomic E-state index is 12.5. The van der Waals surface area contributed by atoms with Crippen LogP contribution >= 0.6 is 0 Å². The third-order valence-corrected chi connectivity index (χ3v) is 4.27. The number of hydrogen-bond acceptors (Lipinski definition) is 2. The number of benzene rings is 1. The van der Waals surface area contributed by atoms with Gasteiger partial charge in [0.2, 0.25) is 0 Å². The molecule has 1 aromatic carbocycles. The largest absolute Gasteiger partial charge is 0.509 e. The molecule has 1 atom stereocenters. The molecule has 2 nitrogen and oxygen atoms in total. The van der Waals surface area contributed by atoms with Crippen molar-refractivity contribution < 1.29 is 22.4 Å². The maximum Gasteiger partial charge on any atom is 0.509 e. The molecule has 0 amide bonds. The minimum atomic E-state index is -4.93. The second kappa shape index (κ2) is 4.99.